The Kier molecular flexibility index (Phi) is 9.43. The maximum absolute atomic E-state index is 12.8. The third-order valence-corrected chi connectivity index (χ3v) is 7.91. The lowest BCUT2D eigenvalue weighted by molar-refractivity contribution is -0.0944. The summed E-state index contributed by atoms with van der Waals surface area (Å²) >= 11 is 0. The second-order valence-corrected chi connectivity index (χ2v) is 12.2. The smallest absolute Gasteiger partial charge is 0.330 e. The summed E-state index contributed by atoms with van der Waals surface area (Å²) in [6.45, 7) is 6.05. The predicted octanol–water partition coefficient (Wildman–Crippen LogP) is 5.27. The van der Waals surface area contributed by atoms with Crippen LogP contribution in [0.4, 0.5) is 0 Å². The van der Waals surface area contributed by atoms with Crippen LogP contribution in [0.15, 0.2) is 101 Å². The number of H-pyrrole nitrogens is 1. The van der Waals surface area contributed by atoms with Crippen molar-refractivity contribution in [2.24, 2.45) is 5.41 Å². The molecule has 0 amide bonds. The van der Waals surface area contributed by atoms with E-state index in [9.17, 15) is 14.7 Å². The van der Waals surface area contributed by atoms with E-state index in [1.807, 2.05) is 106 Å². The molecule has 0 radical (unpaired) electrons. The Labute approximate surface area is 262 Å². The molecule has 1 aliphatic rings. The highest BCUT2D eigenvalue weighted by Crippen LogP contribution is 2.42. The number of aliphatic hydroxyl groups is 1. The summed E-state index contributed by atoms with van der Waals surface area (Å²) in [7, 11) is 3.23. The molecule has 3 atom stereocenters. The number of hydrogen-bond acceptors (Lipinski definition) is 7. The van der Waals surface area contributed by atoms with Gasteiger partial charge in [-0.05, 0) is 46.4 Å². The highest BCUT2D eigenvalue weighted by atomic mass is 16.6. The van der Waals surface area contributed by atoms with Crippen molar-refractivity contribution in [3.63, 3.8) is 0 Å². The highest BCUT2D eigenvalue weighted by Gasteiger charge is 2.42. The van der Waals surface area contributed by atoms with E-state index in [2.05, 4.69) is 4.98 Å². The number of ether oxygens (including phenoxy) is 4. The Morgan fingerprint density at radius 1 is 0.889 bits per heavy atom. The summed E-state index contributed by atoms with van der Waals surface area (Å²) in [5.74, 6) is 1.41. The van der Waals surface area contributed by atoms with Crippen LogP contribution in [-0.4, -0.2) is 47.7 Å². The van der Waals surface area contributed by atoms with Crippen LogP contribution in [0.25, 0.3) is 6.08 Å². The molecular formula is C36H40N2O7. The minimum Gasteiger partial charge on any atom is -0.497 e. The molecule has 9 heteroatoms. The summed E-state index contributed by atoms with van der Waals surface area (Å²) in [6, 6.07) is 25.2. The summed E-state index contributed by atoms with van der Waals surface area (Å²) in [6.07, 6.45) is 2.73. The number of nitrogens with one attached hydrogen (secondary N) is 1. The summed E-state index contributed by atoms with van der Waals surface area (Å²) in [5.41, 5.74) is 0.534. The molecule has 9 nitrogen and oxygen atoms in total. The molecule has 0 unspecified atom stereocenters. The molecular weight excluding hydrogens is 572 g/mol. The minimum absolute atomic E-state index is 0.000489. The van der Waals surface area contributed by atoms with Crippen LogP contribution < -0.4 is 20.7 Å². The molecule has 0 spiro atoms. The van der Waals surface area contributed by atoms with Gasteiger partial charge in [-0.25, -0.2) is 4.79 Å². The summed E-state index contributed by atoms with van der Waals surface area (Å²) in [4.78, 5) is 27.7. The Morgan fingerprint density at radius 2 is 1.44 bits per heavy atom. The van der Waals surface area contributed by atoms with Gasteiger partial charge in [-0.2, -0.15) is 0 Å². The molecule has 3 aromatic carbocycles. The van der Waals surface area contributed by atoms with Gasteiger partial charge in [0.25, 0.3) is 5.56 Å². The van der Waals surface area contributed by atoms with Crippen molar-refractivity contribution in [3.05, 3.63) is 134 Å². The molecule has 0 saturated carbocycles. The fourth-order valence-corrected chi connectivity index (χ4v) is 5.49. The lowest BCUT2D eigenvalue weighted by Crippen LogP contribution is -2.38. The quantitative estimate of drug-likeness (QED) is 0.235. The van der Waals surface area contributed by atoms with Crippen molar-refractivity contribution in [1.82, 2.24) is 9.55 Å². The molecule has 0 bridgehead atoms. The Bertz CT molecular complexity index is 1670. The predicted molar refractivity (Wildman–Crippen MR) is 173 cm³/mol. The number of nitrogens with zero attached hydrogens (tertiary/aromatic N) is 1. The number of benzene rings is 3. The number of aromatic nitrogens is 2. The zero-order chi connectivity index (χ0) is 32.2. The van der Waals surface area contributed by atoms with Crippen molar-refractivity contribution >= 4 is 6.08 Å². The van der Waals surface area contributed by atoms with Gasteiger partial charge < -0.3 is 24.1 Å². The largest absolute Gasteiger partial charge is 0.497 e. The van der Waals surface area contributed by atoms with Crippen LogP contribution in [-0.2, 0) is 15.1 Å². The van der Waals surface area contributed by atoms with Crippen molar-refractivity contribution in [3.8, 4) is 11.5 Å². The minimum atomic E-state index is -1.10. The van der Waals surface area contributed by atoms with Crippen LogP contribution >= 0.6 is 0 Å². The fraction of sp³-hybridized carbons (Fsp3) is 0.333. The fourth-order valence-electron chi connectivity index (χ4n) is 5.49. The first-order valence-corrected chi connectivity index (χ1v) is 14.9. The number of allylic oxidation sites excluding steroid dienone is 1. The highest BCUT2D eigenvalue weighted by molar-refractivity contribution is 5.50. The van der Waals surface area contributed by atoms with Crippen LogP contribution in [0.5, 0.6) is 11.5 Å². The molecule has 1 aliphatic heterocycles. The van der Waals surface area contributed by atoms with E-state index >= 15 is 0 Å². The Morgan fingerprint density at radius 3 is 1.98 bits per heavy atom. The SMILES string of the molecule is COc1ccc(C(OC[C@H]2O[C@@H](n3cc(/C=C/C(C)(C)C)c(=O)[nH]c3=O)C[C@@H]2O)(c2ccccc2)c2ccc(OC)cc2)cc1. The molecule has 4 aromatic rings. The van der Waals surface area contributed by atoms with Crippen LogP contribution in [0.2, 0.25) is 0 Å². The first kappa shape index (κ1) is 32.0. The van der Waals surface area contributed by atoms with E-state index in [4.69, 9.17) is 18.9 Å². The van der Waals surface area contributed by atoms with Gasteiger partial charge in [0.1, 0.15) is 29.4 Å². The number of methoxy groups -OCH3 is 2. The first-order chi connectivity index (χ1) is 21.5. The number of aromatic amines is 1. The zero-order valence-electron chi connectivity index (χ0n) is 26.2. The molecule has 45 heavy (non-hydrogen) atoms. The Balaban J connectivity index is 1.50. The average Bonchev–Trinajstić information content (AvgIpc) is 3.41. The molecule has 1 fully saturated rings. The van der Waals surface area contributed by atoms with E-state index in [0.29, 0.717) is 17.1 Å². The van der Waals surface area contributed by atoms with Crippen molar-refractivity contribution in [2.75, 3.05) is 20.8 Å². The van der Waals surface area contributed by atoms with Crippen molar-refractivity contribution < 1.29 is 24.1 Å². The standard InChI is InChI=1S/C36H40N2O7/c1-35(2,3)20-19-24-22-38(34(41)37-33(24)40)32-21-30(39)31(45-32)23-44-36(25-9-7-6-8-10-25,26-11-15-28(42-4)16-12-26)27-13-17-29(43-5)18-14-27/h6-20,22,30-32,39H,21,23H2,1-5H3,(H,37,40,41)/b20-19+/t30-,31+,32+/m0/s1. The van der Waals surface area contributed by atoms with Gasteiger partial charge in [-0.15, -0.1) is 0 Å². The van der Waals surface area contributed by atoms with E-state index in [1.54, 1.807) is 20.3 Å². The first-order valence-electron chi connectivity index (χ1n) is 14.9. The van der Waals surface area contributed by atoms with Gasteiger partial charge in [0, 0.05) is 12.6 Å². The van der Waals surface area contributed by atoms with Gasteiger partial charge in [-0.1, -0.05) is 87.5 Å². The van der Waals surface area contributed by atoms with E-state index in [1.165, 1.54) is 10.8 Å². The van der Waals surface area contributed by atoms with E-state index in [-0.39, 0.29) is 18.4 Å². The van der Waals surface area contributed by atoms with Gasteiger partial charge >= 0.3 is 5.69 Å². The topological polar surface area (TPSA) is 112 Å². The third kappa shape index (κ3) is 6.96. The van der Waals surface area contributed by atoms with Gasteiger partial charge in [0.05, 0.1) is 32.5 Å². The van der Waals surface area contributed by atoms with Crippen LogP contribution in [0.3, 0.4) is 0 Å². The van der Waals surface area contributed by atoms with Crippen LogP contribution in [0, 0.1) is 5.41 Å². The lowest BCUT2D eigenvalue weighted by atomic mass is 9.80. The molecule has 2 N–H and O–H groups in total. The number of rotatable bonds is 10. The van der Waals surface area contributed by atoms with E-state index < -0.39 is 35.3 Å². The third-order valence-electron chi connectivity index (χ3n) is 7.91. The molecule has 0 aliphatic carbocycles. The molecule has 5 rings (SSSR count). The van der Waals surface area contributed by atoms with Gasteiger partial charge in [0.2, 0.25) is 0 Å². The maximum Gasteiger partial charge on any atom is 0.330 e. The summed E-state index contributed by atoms with van der Waals surface area (Å²) < 4.78 is 25.3. The van der Waals surface area contributed by atoms with Crippen molar-refractivity contribution in [2.45, 2.75) is 51.2 Å². The molecule has 1 aromatic heterocycles. The van der Waals surface area contributed by atoms with Crippen LogP contribution in [0.1, 0.15) is 55.7 Å². The van der Waals surface area contributed by atoms with Gasteiger partial charge in [-0.3, -0.25) is 14.3 Å². The number of hydrogen-bond donors (Lipinski definition) is 2. The van der Waals surface area contributed by atoms with Gasteiger partial charge in [0.15, 0.2) is 0 Å². The van der Waals surface area contributed by atoms with Crippen molar-refractivity contribution in [1.29, 1.82) is 0 Å². The molecule has 2 heterocycles. The van der Waals surface area contributed by atoms with E-state index in [0.717, 1.165) is 16.7 Å². The Hall–Kier alpha value is -4.44. The molecule has 236 valence electrons. The lowest BCUT2D eigenvalue weighted by Gasteiger charge is -2.37. The zero-order valence-corrected chi connectivity index (χ0v) is 26.2. The monoisotopic (exact) mass is 612 g/mol. The normalized spacial score (nSPS) is 18.8. The second-order valence-electron chi connectivity index (χ2n) is 12.2. The number of aliphatic hydroxyl groups excluding tert-OH is 1. The second kappa shape index (κ2) is 13.3. The summed E-state index contributed by atoms with van der Waals surface area (Å²) in [5, 5.41) is 11.2. The molecule has 1 saturated heterocycles. The maximum atomic E-state index is 12.8. The average molecular weight is 613 g/mol.